The summed E-state index contributed by atoms with van der Waals surface area (Å²) in [6.45, 7) is 7.73. The van der Waals surface area contributed by atoms with Gasteiger partial charge in [-0.05, 0) is 74.4 Å². The van der Waals surface area contributed by atoms with Crippen molar-refractivity contribution in [3.05, 3.63) is 59.9 Å². The first-order valence-corrected chi connectivity index (χ1v) is 11.7. The monoisotopic (exact) mass is 455 g/mol. The summed E-state index contributed by atoms with van der Waals surface area (Å²) in [5.74, 6) is -0.225. The van der Waals surface area contributed by atoms with Gasteiger partial charge in [-0.1, -0.05) is 26.0 Å². The number of ether oxygens (including phenoxy) is 1. The van der Waals surface area contributed by atoms with Crippen molar-refractivity contribution in [2.75, 3.05) is 38.2 Å². The zero-order valence-electron chi connectivity index (χ0n) is 19.7. The molecule has 2 aromatic rings. The zero-order chi connectivity index (χ0) is 23.8. The van der Waals surface area contributed by atoms with Crippen LogP contribution in [0.3, 0.4) is 0 Å². The molecule has 1 fully saturated rings. The van der Waals surface area contributed by atoms with Crippen molar-refractivity contribution in [3.8, 4) is 5.75 Å². The lowest BCUT2D eigenvalue weighted by Gasteiger charge is -2.41. The summed E-state index contributed by atoms with van der Waals surface area (Å²) in [5.41, 5.74) is 1.43. The minimum atomic E-state index is -0.511. The number of halogens is 1. The summed E-state index contributed by atoms with van der Waals surface area (Å²) in [7, 11) is 1.59. The molecule has 0 radical (unpaired) electrons. The molecule has 0 unspecified atom stereocenters. The van der Waals surface area contributed by atoms with Crippen LogP contribution in [0.5, 0.6) is 5.75 Å². The van der Waals surface area contributed by atoms with Crippen LogP contribution in [-0.2, 0) is 9.59 Å². The standard InChI is InChI=1S/C26H34FN3O3/c1-4-29(5-2)18-6-17-28-26(32)23-15-16-24(31)30(21-11-13-22(33-3)14-12-21)25(23)19-7-9-20(27)10-8-19/h7-14,23,25H,4-6,15-18H2,1-3H3,(H,28,32)/t23-,25-/m1/s1. The van der Waals surface area contributed by atoms with E-state index in [9.17, 15) is 14.0 Å². The molecule has 1 aliphatic rings. The lowest BCUT2D eigenvalue weighted by molar-refractivity contribution is -0.129. The van der Waals surface area contributed by atoms with Crippen molar-refractivity contribution in [2.24, 2.45) is 5.92 Å². The molecule has 178 valence electrons. The van der Waals surface area contributed by atoms with Gasteiger partial charge in [-0.2, -0.15) is 0 Å². The van der Waals surface area contributed by atoms with Crippen LogP contribution >= 0.6 is 0 Å². The number of carbonyl (C=O) groups is 2. The van der Waals surface area contributed by atoms with Gasteiger partial charge in [0.25, 0.3) is 0 Å². The first-order chi connectivity index (χ1) is 16.0. The maximum absolute atomic E-state index is 13.6. The smallest absolute Gasteiger partial charge is 0.227 e. The molecular weight excluding hydrogens is 421 g/mol. The first kappa shape index (κ1) is 24.7. The van der Waals surface area contributed by atoms with Crippen LogP contribution in [0, 0.1) is 11.7 Å². The van der Waals surface area contributed by atoms with E-state index in [1.807, 2.05) is 12.1 Å². The summed E-state index contributed by atoms with van der Waals surface area (Å²) in [5, 5.41) is 3.07. The summed E-state index contributed by atoms with van der Waals surface area (Å²) in [6.07, 6.45) is 1.60. The molecule has 0 saturated carbocycles. The highest BCUT2D eigenvalue weighted by Crippen LogP contribution is 2.40. The molecule has 2 atom stereocenters. The third-order valence-electron chi connectivity index (χ3n) is 6.34. The van der Waals surface area contributed by atoms with Gasteiger partial charge in [0.15, 0.2) is 0 Å². The summed E-state index contributed by atoms with van der Waals surface area (Å²) >= 11 is 0. The molecule has 1 saturated heterocycles. The maximum Gasteiger partial charge on any atom is 0.227 e. The number of hydrogen-bond acceptors (Lipinski definition) is 4. The second-order valence-corrected chi connectivity index (χ2v) is 8.27. The molecule has 2 amide bonds. The van der Waals surface area contributed by atoms with Crippen molar-refractivity contribution < 1.29 is 18.7 Å². The molecule has 2 aromatic carbocycles. The highest BCUT2D eigenvalue weighted by molar-refractivity contribution is 5.97. The lowest BCUT2D eigenvalue weighted by Crippen LogP contribution is -2.48. The van der Waals surface area contributed by atoms with E-state index in [4.69, 9.17) is 4.74 Å². The van der Waals surface area contributed by atoms with Crippen molar-refractivity contribution in [1.29, 1.82) is 0 Å². The topological polar surface area (TPSA) is 61.9 Å². The molecule has 3 rings (SSSR count). The quantitative estimate of drug-likeness (QED) is 0.547. The summed E-state index contributed by atoms with van der Waals surface area (Å²) in [4.78, 5) is 30.3. The number of amides is 2. The minimum absolute atomic E-state index is 0.0555. The van der Waals surface area contributed by atoms with Crippen molar-refractivity contribution in [3.63, 3.8) is 0 Å². The van der Waals surface area contributed by atoms with Crippen LogP contribution < -0.4 is 15.0 Å². The molecule has 0 spiro atoms. The fourth-order valence-corrected chi connectivity index (χ4v) is 4.44. The molecule has 1 N–H and O–H groups in total. The molecule has 6 nitrogen and oxygen atoms in total. The van der Waals surface area contributed by atoms with Gasteiger partial charge in [-0.3, -0.25) is 9.59 Å². The van der Waals surface area contributed by atoms with Gasteiger partial charge in [0.1, 0.15) is 11.6 Å². The summed E-state index contributed by atoms with van der Waals surface area (Å²) in [6, 6.07) is 12.8. The number of piperidine rings is 1. The number of carbonyl (C=O) groups excluding carboxylic acids is 2. The Morgan fingerprint density at radius 1 is 1.12 bits per heavy atom. The highest BCUT2D eigenvalue weighted by Gasteiger charge is 2.41. The fraction of sp³-hybridized carbons (Fsp3) is 0.462. The van der Waals surface area contributed by atoms with Gasteiger partial charge in [0.2, 0.25) is 11.8 Å². The minimum Gasteiger partial charge on any atom is -0.497 e. The summed E-state index contributed by atoms with van der Waals surface area (Å²) < 4.78 is 18.9. The predicted octanol–water partition coefficient (Wildman–Crippen LogP) is 4.17. The molecule has 1 heterocycles. The average molecular weight is 456 g/mol. The van der Waals surface area contributed by atoms with Crippen LogP contribution in [0.25, 0.3) is 0 Å². The van der Waals surface area contributed by atoms with E-state index in [2.05, 4.69) is 24.1 Å². The van der Waals surface area contributed by atoms with Gasteiger partial charge in [0.05, 0.1) is 19.1 Å². The molecule has 7 heteroatoms. The normalized spacial score (nSPS) is 18.5. The lowest BCUT2D eigenvalue weighted by atomic mass is 9.83. The predicted molar refractivity (Wildman–Crippen MR) is 128 cm³/mol. The Kier molecular flexibility index (Phi) is 8.83. The van der Waals surface area contributed by atoms with Crippen molar-refractivity contribution in [2.45, 2.75) is 39.2 Å². The Morgan fingerprint density at radius 2 is 1.79 bits per heavy atom. The Labute approximate surface area is 195 Å². The van der Waals surface area contributed by atoms with E-state index >= 15 is 0 Å². The highest BCUT2D eigenvalue weighted by atomic mass is 19.1. The van der Waals surface area contributed by atoms with E-state index in [1.54, 1.807) is 36.3 Å². The van der Waals surface area contributed by atoms with Crippen molar-refractivity contribution in [1.82, 2.24) is 10.2 Å². The third kappa shape index (κ3) is 6.11. The third-order valence-corrected chi connectivity index (χ3v) is 6.34. The first-order valence-electron chi connectivity index (χ1n) is 11.7. The van der Waals surface area contributed by atoms with E-state index in [1.165, 1.54) is 12.1 Å². The molecule has 0 bridgehead atoms. The number of methoxy groups -OCH3 is 1. The van der Waals surface area contributed by atoms with Gasteiger partial charge in [-0.25, -0.2) is 4.39 Å². The average Bonchev–Trinajstić information content (AvgIpc) is 2.84. The molecule has 33 heavy (non-hydrogen) atoms. The molecule has 0 aliphatic carbocycles. The van der Waals surface area contributed by atoms with Gasteiger partial charge in [-0.15, -0.1) is 0 Å². The number of nitrogens with one attached hydrogen (secondary N) is 1. The van der Waals surface area contributed by atoms with Crippen LogP contribution in [-0.4, -0.2) is 50.0 Å². The number of nitrogens with zero attached hydrogens (tertiary/aromatic N) is 2. The number of rotatable bonds is 10. The fourth-order valence-electron chi connectivity index (χ4n) is 4.44. The van der Waals surface area contributed by atoms with Crippen LogP contribution in [0.1, 0.15) is 44.7 Å². The number of benzene rings is 2. The molecule has 0 aromatic heterocycles. The largest absolute Gasteiger partial charge is 0.497 e. The SMILES string of the molecule is CCN(CC)CCCNC(=O)[C@@H]1CCC(=O)N(c2ccc(OC)cc2)[C@@H]1c1ccc(F)cc1. The van der Waals surface area contributed by atoms with E-state index < -0.39 is 12.0 Å². The van der Waals surface area contributed by atoms with Gasteiger partial charge in [0, 0.05) is 18.7 Å². The molecule has 1 aliphatic heterocycles. The van der Waals surface area contributed by atoms with Crippen LogP contribution in [0.2, 0.25) is 0 Å². The van der Waals surface area contributed by atoms with E-state index in [0.717, 1.165) is 31.6 Å². The Balaban J connectivity index is 1.84. The Bertz CT molecular complexity index is 913. The molecular formula is C26H34FN3O3. The van der Waals surface area contributed by atoms with Crippen molar-refractivity contribution >= 4 is 17.5 Å². The van der Waals surface area contributed by atoms with E-state index in [-0.39, 0.29) is 24.1 Å². The van der Waals surface area contributed by atoms with Crippen LogP contribution in [0.4, 0.5) is 10.1 Å². The zero-order valence-corrected chi connectivity index (χ0v) is 19.7. The maximum atomic E-state index is 13.6. The number of anilines is 1. The Morgan fingerprint density at radius 3 is 2.39 bits per heavy atom. The van der Waals surface area contributed by atoms with Gasteiger partial charge >= 0.3 is 0 Å². The number of hydrogen-bond donors (Lipinski definition) is 1. The van der Waals surface area contributed by atoms with E-state index in [0.29, 0.717) is 24.4 Å². The van der Waals surface area contributed by atoms with Gasteiger partial charge < -0.3 is 19.9 Å². The van der Waals surface area contributed by atoms with Crippen LogP contribution in [0.15, 0.2) is 48.5 Å². The second kappa shape index (κ2) is 11.8. The second-order valence-electron chi connectivity index (χ2n) is 8.27. The Hall–Kier alpha value is -2.93.